The van der Waals surface area contributed by atoms with Crippen molar-refractivity contribution < 1.29 is 43.5 Å². The molecule has 13 nitrogen and oxygen atoms in total. The van der Waals surface area contributed by atoms with Crippen molar-refractivity contribution in [2.45, 2.75) is 33.3 Å². The summed E-state index contributed by atoms with van der Waals surface area (Å²) in [6.07, 6.45) is 7.12. The van der Waals surface area contributed by atoms with Crippen molar-refractivity contribution in [3.05, 3.63) is 142 Å². The average molecular weight is 883 g/mol. The second-order valence-corrected chi connectivity index (χ2v) is 16.5. The van der Waals surface area contributed by atoms with Crippen molar-refractivity contribution in [2.75, 3.05) is 28.4 Å². The molecule has 0 unspecified atom stereocenters. The summed E-state index contributed by atoms with van der Waals surface area (Å²) in [4.78, 5) is 55.3. The second-order valence-electron chi connectivity index (χ2n) is 14.4. The lowest BCUT2D eigenvalue weighted by Gasteiger charge is -2.13. The van der Waals surface area contributed by atoms with E-state index in [1.54, 1.807) is 82.5 Å². The highest BCUT2D eigenvalue weighted by atomic mass is 32.1. The number of aliphatic hydroxyl groups excluding tert-OH is 1. The third kappa shape index (κ3) is 9.86. The molecule has 0 saturated heterocycles. The van der Waals surface area contributed by atoms with Crippen molar-refractivity contribution >= 4 is 60.6 Å². The normalized spacial score (nSPS) is 10.9. The Morgan fingerprint density at radius 1 is 0.571 bits per heavy atom. The fraction of sp³-hybridized carbons (Fsp3) is 0.188. The molecular weight excluding hydrogens is 841 g/mol. The predicted molar refractivity (Wildman–Crippen MR) is 243 cm³/mol. The van der Waals surface area contributed by atoms with Crippen LogP contribution in [-0.2, 0) is 19.4 Å². The number of pyridine rings is 2. The van der Waals surface area contributed by atoms with E-state index in [-0.39, 0.29) is 36.6 Å². The summed E-state index contributed by atoms with van der Waals surface area (Å²) in [6, 6.07) is 21.2. The number of methoxy groups -OCH3 is 4. The van der Waals surface area contributed by atoms with E-state index in [4.69, 9.17) is 18.9 Å². The van der Waals surface area contributed by atoms with Crippen molar-refractivity contribution in [1.29, 1.82) is 0 Å². The molecule has 63 heavy (non-hydrogen) atoms. The Balaban J connectivity index is 0.000000189. The number of carbonyl (C=O) groups is 3. The Bertz CT molecular complexity index is 2950. The number of carbonyl (C=O) groups excluding carboxylic acids is 2. The lowest BCUT2D eigenvalue weighted by molar-refractivity contribution is 0.0696. The van der Waals surface area contributed by atoms with Crippen LogP contribution >= 0.6 is 22.7 Å². The zero-order chi connectivity index (χ0) is 44.8. The van der Waals surface area contributed by atoms with Gasteiger partial charge in [0, 0.05) is 59.9 Å². The van der Waals surface area contributed by atoms with Crippen LogP contribution in [0, 0.1) is 13.8 Å². The number of rotatable bonds is 14. The quantitative estimate of drug-likeness (QED) is 0.0988. The highest BCUT2D eigenvalue weighted by Crippen LogP contribution is 2.36. The SMILES string of the molecule is COc1cc(C(=O)Cc2cc(C(=O)O)cc(-c3nc4ccncc4s3)c2)cc(C)c1OC.COc1cc(C(=O)Cc2cc(CO)cc(-c3nc4ccncc4s3)c2)cc(C)c1OC. The Morgan fingerprint density at radius 3 is 1.46 bits per heavy atom. The van der Waals surface area contributed by atoms with E-state index >= 15 is 0 Å². The standard InChI is InChI=1S/C24H20N2O5S.C24H22N2O4S/c1-13-6-15(11-20(30-2)22(13)31-3)19(27)9-14-7-16(10-17(8-14)24(28)29)23-26-18-4-5-25-12-21(18)32-23;1-14-6-17(11-21(29-2)23(14)30-3)20(28)10-15-7-16(13-27)9-18(8-15)24-26-19-4-5-25-12-22(19)31-24/h4-8,10-12H,9H2,1-3H3,(H,28,29);4-9,11-12,27H,10,13H2,1-3H3. The van der Waals surface area contributed by atoms with Crippen LogP contribution < -0.4 is 18.9 Å². The van der Waals surface area contributed by atoms with Gasteiger partial charge >= 0.3 is 5.97 Å². The van der Waals surface area contributed by atoms with Crippen LogP contribution in [0.4, 0.5) is 0 Å². The molecule has 8 rings (SSSR count). The number of hydrogen-bond acceptors (Lipinski definition) is 14. The fourth-order valence-corrected chi connectivity index (χ4v) is 8.97. The topological polar surface area (TPSA) is 180 Å². The Labute approximate surface area is 370 Å². The minimum Gasteiger partial charge on any atom is -0.493 e. The maximum atomic E-state index is 13.0. The molecule has 0 aliphatic carbocycles. The number of aryl methyl sites for hydroxylation is 2. The highest BCUT2D eigenvalue weighted by Gasteiger charge is 2.19. The number of thiazole rings is 2. The smallest absolute Gasteiger partial charge is 0.335 e. The molecule has 0 saturated carbocycles. The molecule has 4 heterocycles. The largest absolute Gasteiger partial charge is 0.493 e. The Morgan fingerprint density at radius 2 is 1.03 bits per heavy atom. The van der Waals surface area contributed by atoms with E-state index in [0.29, 0.717) is 50.3 Å². The third-order valence-electron chi connectivity index (χ3n) is 10.1. The van der Waals surface area contributed by atoms with Crippen molar-refractivity contribution in [2.24, 2.45) is 0 Å². The highest BCUT2D eigenvalue weighted by molar-refractivity contribution is 7.22. The minimum absolute atomic E-state index is 0.0372. The number of ether oxygens (including phenoxy) is 4. The van der Waals surface area contributed by atoms with Crippen molar-refractivity contribution in [3.63, 3.8) is 0 Å². The molecule has 4 aromatic carbocycles. The van der Waals surface area contributed by atoms with Crippen LogP contribution in [0.25, 0.3) is 41.6 Å². The maximum Gasteiger partial charge on any atom is 0.335 e. The first kappa shape index (κ1) is 44.0. The van der Waals surface area contributed by atoms with Crippen LogP contribution in [0.5, 0.6) is 23.0 Å². The van der Waals surface area contributed by atoms with Gasteiger partial charge in [0.15, 0.2) is 34.6 Å². The molecule has 0 atom stereocenters. The number of aromatic nitrogens is 4. The van der Waals surface area contributed by atoms with Gasteiger partial charge in [0.2, 0.25) is 0 Å². The molecule has 0 aliphatic rings. The molecule has 8 aromatic rings. The average Bonchev–Trinajstić information content (AvgIpc) is 3.94. The van der Waals surface area contributed by atoms with Gasteiger partial charge in [0.25, 0.3) is 0 Å². The van der Waals surface area contributed by atoms with Gasteiger partial charge in [-0.2, -0.15) is 0 Å². The number of aliphatic hydroxyl groups is 1. The molecule has 4 aromatic heterocycles. The summed E-state index contributed by atoms with van der Waals surface area (Å²) in [5, 5.41) is 20.8. The van der Waals surface area contributed by atoms with Gasteiger partial charge in [-0.05, 0) is 108 Å². The molecule has 0 aliphatic heterocycles. The minimum atomic E-state index is -1.06. The lowest BCUT2D eigenvalue weighted by atomic mass is 9.97. The third-order valence-corrected chi connectivity index (χ3v) is 12.2. The second kappa shape index (κ2) is 19.3. The Kier molecular flexibility index (Phi) is 13.5. The fourth-order valence-electron chi connectivity index (χ4n) is 7.13. The monoisotopic (exact) mass is 882 g/mol. The first-order valence-corrected chi connectivity index (χ1v) is 21.1. The van der Waals surface area contributed by atoms with E-state index in [2.05, 4.69) is 19.9 Å². The molecule has 0 spiro atoms. The number of carboxylic acid groups (broad SMARTS) is 1. The first-order valence-electron chi connectivity index (χ1n) is 19.5. The zero-order valence-electron chi connectivity index (χ0n) is 35.2. The van der Waals surface area contributed by atoms with Gasteiger partial charge in [0.1, 0.15) is 10.0 Å². The number of aromatic carboxylic acids is 1. The Hall–Kier alpha value is -7.07. The van der Waals surface area contributed by atoms with E-state index in [0.717, 1.165) is 53.3 Å². The summed E-state index contributed by atoms with van der Waals surface area (Å²) < 4.78 is 23.3. The summed E-state index contributed by atoms with van der Waals surface area (Å²) in [5.74, 6) is 0.927. The summed E-state index contributed by atoms with van der Waals surface area (Å²) >= 11 is 2.96. The van der Waals surface area contributed by atoms with Crippen LogP contribution in [0.15, 0.2) is 97.6 Å². The van der Waals surface area contributed by atoms with E-state index < -0.39 is 5.97 Å². The lowest BCUT2D eigenvalue weighted by Crippen LogP contribution is -2.07. The predicted octanol–water partition coefficient (Wildman–Crippen LogP) is 9.41. The van der Waals surface area contributed by atoms with Gasteiger partial charge in [0.05, 0.1) is 61.0 Å². The summed E-state index contributed by atoms with van der Waals surface area (Å²) in [5.41, 5.74) is 8.07. The van der Waals surface area contributed by atoms with E-state index in [1.165, 1.54) is 35.8 Å². The number of nitrogens with zero attached hydrogens (tertiary/aromatic N) is 4. The number of carboxylic acids is 1. The zero-order valence-corrected chi connectivity index (χ0v) is 36.8. The molecule has 0 bridgehead atoms. The molecule has 2 N–H and O–H groups in total. The van der Waals surface area contributed by atoms with E-state index in [9.17, 15) is 24.6 Å². The number of benzene rings is 4. The molecule has 320 valence electrons. The summed E-state index contributed by atoms with van der Waals surface area (Å²) in [7, 11) is 6.19. The van der Waals surface area contributed by atoms with Gasteiger partial charge in [-0.1, -0.05) is 6.07 Å². The molecular formula is C48H42N4O9S2. The van der Waals surface area contributed by atoms with Gasteiger partial charge < -0.3 is 29.2 Å². The molecule has 15 heteroatoms. The van der Waals surface area contributed by atoms with Crippen molar-refractivity contribution in [1.82, 2.24) is 19.9 Å². The van der Waals surface area contributed by atoms with E-state index in [1.807, 2.05) is 44.2 Å². The number of ketones is 2. The van der Waals surface area contributed by atoms with Gasteiger partial charge in [-0.25, -0.2) is 14.8 Å². The van der Waals surface area contributed by atoms with Crippen LogP contribution in [0.1, 0.15) is 58.9 Å². The maximum absolute atomic E-state index is 13.0. The van der Waals surface area contributed by atoms with Gasteiger partial charge in [-0.15, -0.1) is 22.7 Å². The number of Topliss-reactive ketones (excluding diaryl/α,β-unsaturated/α-hetero) is 2. The van der Waals surface area contributed by atoms with Crippen molar-refractivity contribution in [3.8, 4) is 44.1 Å². The molecule has 0 amide bonds. The van der Waals surface area contributed by atoms with Crippen LogP contribution in [0.3, 0.4) is 0 Å². The molecule has 0 fully saturated rings. The number of hydrogen-bond donors (Lipinski definition) is 2. The first-order chi connectivity index (χ1) is 30.4. The van der Waals surface area contributed by atoms with Gasteiger partial charge in [-0.3, -0.25) is 19.6 Å². The summed E-state index contributed by atoms with van der Waals surface area (Å²) in [6.45, 7) is 3.60. The van der Waals surface area contributed by atoms with Crippen LogP contribution in [-0.4, -0.2) is 76.1 Å². The molecule has 0 radical (unpaired) electrons. The van der Waals surface area contributed by atoms with Crippen LogP contribution in [0.2, 0.25) is 0 Å². The number of fused-ring (bicyclic) bond motifs is 2.